The smallest absolute Gasteiger partial charge is 0.219 e. The van der Waals surface area contributed by atoms with E-state index in [1.807, 2.05) is 4.90 Å². The van der Waals surface area contributed by atoms with Gasteiger partial charge in [-0.25, -0.2) is 21.2 Å². The topological polar surface area (TPSA) is 91.8 Å². The standard InChI is InChI=1S/C16H21FN2O5S2/c1-12(20)18-6-8-19(9-7-18)15-10-25(21,22)11-16(15)26(23,24)14-4-2-13(17)3-5-14/h2-5,15-16H,6-11H2,1H3/t15-,16-/m1/s1. The lowest BCUT2D eigenvalue weighted by Crippen LogP contribution is -2.55. The molecule has 0 aliphatic carbocycles. The second-order valence-electron chi connectivity index (χ2n) is 6.72. The van der Waals surface area contributed by atoms with E-state index in [0.717, 1.165) is 12.1 Å². The fraction of sp³-hybridized carbons (Fsp3) is 0.562. The predicted octanol–water partition coefficient (Wildman–Crippen LogP) is -0.0709. The van der Waals surface area contributed by atoms with Crippen LogP contribution in [0.25, 0.3) is 0 Å². The molecule has 0 radical (unpaired) electrons. The van der Waals surface area contributed by atoms with Crippen LogP contribution in [0.3, 0.4) is 0 Å². The zero-order valence-corrected chi connectivity index (χ0v) is 16.0. The monoisotopic (exact) mass is 404 g/mol. The summed E-state index contributed by atoms with van der Waals surface area (Å²) in [5.74, 6) is -1.28. The molecule has 144 valence electrons. The van der Waals surface area contributed by atoms with E-state index >= 15 is 0 Å². The molecule has 2 aliphatic heterocycles. The highest BCUT2D eigenvalue weighted by molar-refractivity contribution is 7.96. The highest BCUT2D eigenvalue weighted by Crippen LogP contribution is 2.29. The molecule has 26 heavy (non-hydrogen) atoms. The van der Waals surface area contributed by atoms with Crippen molar-refractivity contribution in [2.24, 2.45) is 0 Å². The second kappa shape index (κ2) is 6.90. The first-order valence-electron chi connectivity index (χ1n) is 8.29. The lowest BCUT2D eigenvalue weighted by atomic mass is 10.2. The highest BCUT2D eigenvalue weighted by Gasteiger charge is 2.48. The number of sulfone groups is 2. The summed E-state index contributed by atoms with van der Waals surface area (Å²) < 4.78 is 63.4. The molecule has 0 aromatic heterocycles. The van der Waals surface area contributed by atoms with Crippen LogP contribution in [0.15, 0.2) is 29.2 Å². The second-order valence-corrected chi connectivity index (χ2v) is 11.0. The molecule has 0 spiro atoms. The number of nitrogens with zero attached hydrogens (tertiary/aromatic N) is 2. The number of rotatable bonds is 3. The molecule has 0 saturated carbocycles. The number of piperazine rings is 1. The van der Waals surface area contributed by atoms with E-state index in [1.54, 1.807) is 4.90 Å². The number of hydrogen-bond acceptors (Lipinski definition) is 6. The van der Waals surface area contributed by atoms with Gasteiger partial charge >= 0.3 is 0 Å². The summed E-state index contributed by atoms with van der Waals surface area (Å²) in [6.45, 7) is 3.20. The minimum atomic E-state index is -3.92. The highest BCUT2D eigenvalue weighted by atomic mass is 32.2. The fourth-order valence-corrected chi connectivity index (χ4v) is 8.43. The van der Waals surface area contributed by atoms with Crippen LogP contribution >= 0.6 is 0 Å². The molecule has 10 heteroatoms. The van der Waals surface area contributed by atoms with E-state index in [2.05, 4.69) is 0 Å². The first kappa shape index (κ1) is 19.2. The summed E-state index contributed by atoms with van der Waals surface area (Å²) in [6.07, 6.45) is 0. The van der Waals surface area contributed by atoms with Crippen molar-refractivity contribution in [2.45, 2.75) is 23.1 Å². The normalized spacial score (nSPS) is 26.8. The summed E-state index contributed by atoms with van der Waals surface area (Å²) in [5.41, 5.74) is 0. The molecule has 0 unspecified atom stereocenters. The Morgan fingerprint density at radius 3 is 2.19 bits per heavy atom. The molecular weight excluding hydrogens is 383 g/mol. The van der Waals surface area contributed by atoms with E-state index in [-0.39, 0.29) is 16.6 Å². The molecule has 1 amide bonds. The van der Waals surface area contributed by atoms with Gasteiger partial charge in [0.15, 0.2) is 19.7 Å². The third-order valence-electron chi connectivity index (χ3n) is 5.04. The summed E-state index contributed by atoms with van der Waals surface area (Å²) in [7, 11) is -7.42. The Morgan fingerprint density at radius 2 is 1.65 bits per heavy atom. The first-order chi connectivity index (χ1) is 12.1. The zero-order chi connectivity index (χ0) is 19.1. The Bertz CT molecular complexity index is 891. The SMILES string of the molecule is CC(=O)N1CCN([C@@H]2CS(=O)(=O)C[C@H]2S(=O)(=O)c2ccc(F)cc2)CC1. The van der Waals surface area contributed by atoms with Gasteiger partial charge in [0.2, 0.25) is 5.91 Å². The van der Waals surface area contributed by atoms with Crippen LogP contribution in [0.2, 0.25) is 0 Å². The largest absolute Gasteiger partial charge is 0.340 e. The van der Waals surface area contributed by atoms with Gasteiger partial charge in [0.05, 0.1) is 21.7 Å². The molecule has 1 aromatic carbocycles. The van der Waals surface area contributed by atoms with Crippen molar-refractivity contribution >= 4 is 25.6 Å². The molecule has 0 N–H and O–H groups in total. The van der Waals surface area contributed by atoms with Crippen molar-refractivity contribution in [1.29, 1.82) is 0 Å². The van der Waals surface area contributed by atoms with Crippen LogP contribution in [0, 0.1) is 5.82 Å². The summed E-state index contributed by atoms with van der Waals surface area (Å²) in [4.78, 5) is 14.9. The molecule has 1 aromatic rings. The number of halogens is 1. The molecule has 2 heterocycles. The maximum absolute atomic E-state index is 13.1. The van der Waals surface area contributed by atoms with Crippen LogP contribution < -0.4 is 0 Å². The van der Waals surface area contributed by atoms with Gasteiger partial charge in [-0.2, -0.15) is 0 Å². The van der Waals surface area contributed by atoms with Crippen LogP contribution in [0.5, 0.6) is 0 Å². The number of amides is 1. The van der Waals surface area contributed by atoms with E-state index in [9.17, 15) is 26.0 Å². The Kier molecular flexibility index (Phi) is 5.11. The Labute approximate surface area is 152 Å². The minimum absolute atomic E-state index is 0.0563. The third kappa shape index (κ3) is 3.77. The van der Waals surface area contributed by atoms with Crippen molar-refractivity contribution in [2.75, 3.05) is 37.7 Å². The maximum Gasteiger partial charge on any atom is 0.219 e. The molecule has 2 atom stereocenters. The Hall–Kier alpha value is -1.52. The van der Waals surface area contributed by atoms with Gasteiger partial charge in [0.1, 0.15) is 5.82 Å². The van der Waals surface area contributed by atoms with Crippen LogP contribution in [0.1, 0.15) is 6.92 Å². The molecule has 2 fully saturated rings. The van der Waals surface area contributed by atoms with Crippen molar-refractivity contribution < 1.29 is 26.0 Å². The van der Waals surface area contributed by atoms with Gasteiger partial charge in [-0.15, -0.1) is 0 Å². The van der Waals surface area contributed by atoms with E-state index in [1.165, 1.54) is 19.1 Å². The fourth-order valence-electron chi connectivity index (χ4n) is 3.60. The summed E-state index contributed by atoms with van der Waals surface area (Å²) >= 11 is 0. The molecule has 7 nitrogen and oxygen atoms in total. The van der Waals surface area contributed by atoms with Gasteiger partial charge in [-0.1, -0.05) is 0 Å². The van der Waals surface area contributed by atoms with Gasteiger partial charge in [0.25, 0.3) is 0 Å². The average molecular weight is 404 g/mol. The molecule has 2 saturated heterocycles. The minimum Gasteiger partial charge on any atom is -0.340 e. The lowest BCUT2D eigenvalue weighted by molar-refractivity contribution is -0.130. The van der Waals surface area contributed by atoms with E-state index in [4.69, 9.17) is 0 Å². The number of hydrogen-bond donors (Lipinski definition) is 0. The van der Waals surface area contributed by atoms with Gasteiger partial charge in [0, 0.05) is 39.1 Å². The van der Waals surface area contributed by atoms with Gasteiger partial charge in [-0.05, 0) is 24.3 Å². The van der Waals surface area contributed by atoms with Crippen molar-refractivity contribution in [3.8, 4) is 0 Å². The molecule has 0 bridgehead atoms. The third-order valence-corrected chi connectivity index (χ3v) is 9.18. The Morgan fingerprint density at radius 1 is 1.08 bits per heavy atom. The van der Waals surface area contributed by atoms with Crippen molar-refractivity contribution in [1.82, 2.24) is 9.80 Å². The Balaban J connectivity index is 1.87. The number of carbonyl (C=O) groups excluding carboxylic acids is 1. The number of benzene rings is 1. The zero-order valence-electron chi connectivity index (χ0n) is 14.3. The van der Waals surface area contributed by atoms with Gasteiger partial charge < -0.3 is 4.90 Å². The van der Waals surface area contributed by atoms with Crippen molar-refractivity contribution in [3.63, 3.8) is 0 Å². The van der Waals surface area contributed by atoms with Gasteiger partial charge in [-0.3, -0.25) is 9.69 Å². The summed E-state index contributed by atoms with van der Waals surface area (Å²) in [5, 5.41) is -1.10. The van der Waals surface area contributed by atoms with E-state index < -0.39 is 42.5 Å². The number of carbonyl (C=O) groups is 1. The van der Waals surface area contributed by atoms with Crippen LogP contribution in [-0.2, 0) is 24.5 Å². The van der Waals surface area contributed by atoms with Crippen LogP contribution in [0.4, 0.5) is 4.39 Å². The molecule has 2 aliphatic rings. The quantitative estimate of drug-likeness (QED) is 0.655. The first-order valence-corrected chi connectivity index (χ1v) is 11.7. The maximum atomic E-state index is 13.1. The van der Waals surface area contributed by atoms with Crippen LogP contribution in [-0.4, -0.2) is 81.5 Å². The van der Waals surface area contributed by atoms with Crippen molar-refractivity contribution in [3.05, 3.63) is 30.1 Å². The molecular formula is C16H21FN2O5S2. The average Bonchev–Trinajstić information content (AvgIpc) is 2.92. The lowest BCUT2D eigenvalue weighted by Gasteiger charge is -2.39. The predicted molar refractivity (Wildman–Crippen MR) is 93.6 cm³/mol. The van der Waals surface area contributed by atoms with E-state index in [0.29, 0.717) is 26.2 Å². The molecule has 3 rings (SSSR count). The summed E-state index contributed by atoms with van der Waals surface area (Å²) in [6, 6.07) is 3.78.